The van der Waals surface area contributed by atoms with Crippen LogP contribution in [0.15, 0.2) is 24.3 Å². The maximum absolute atomic E-state index is 9.37. The molecule has 0 aliphatic carbocycles. The maximum atomic E-state index is 9.37. The van der Waals surface area contributed by atoms with Gasteiger partial charge < -0.3 is 15.3 Å². The van der Waals surface area contributed by atoms with E-state index in [-0.39, 0.29) is 0 Å². The standard InChI is InChI=1S/C11H16N2O/c1-9-8-13(6-5-12-9)10-3-2-4-11(14)7-10/h2-4,7,9,12,14H,5-6,8H2,1H3/t9-/m1/s1. The van der Waals surface area contributed by atoms with E-state index in [2.05, 4.69) is 17.1 Å². The van der Waals surface area contributed by atoms with Gasteiger partial charge in [0.2, 0.25) is 0 Å². The van der Waals surface area contributed by atoms with E-state index in [1.807, 2.05) is 18.2 Å². The van der Waals surface area contributed by atoms with Crippen LogP contribution in [0.3, 0.4) is 0 Å². The number of hydrogen-bond donors (Lipinski definition) is 2. The van der Waals surface area contributed by atoms with Crippen molar-refractivity contribution in [2.24, 2.45) is 0 Å². The van der Waals surface area contributed by atoms with Gasteiger partial charge in [0.1, 0.15) is 5.75 Å². The molecule has 3 heteroatoms. The predicted octanol–water partition coefficient (Wildman–Crippen LogP) is 1.19. The molecule has 0 unspecified atom stereocenters. The summed E-state index contributed by atoms with van der Waals surface area (Å²) in [6, 6.07) is 7.97. The number of hydrogen-bond acceptors (Lipinski definition) is 3. The highest BCUT2D eigenvalue weighted by Crippen LogP contribution is 2.20. The Bertz CT molecular complexity index is 314. The van der Waals surface area contributed by atoms with Crippen LogP contribution in [0.5, 0.6) is 5.75 Å². The van der Waals surface area contributed by atoms with Gasteiger partial charge >= 0.3 is 0 Å². The average Bonchev–Trinajstić information content (AvgIpc) is 2.18. The van der Waals surface area contributed by atoms with Crippen LogP contribution in [0.25, 0.3) is 0 Å². The number of piperazine rings is 1. The van der Waals surface area contributed by atoms with Crippen molar-refractivity contribution in [3.8, 4) is 5.75 Å². The Balaban J connectivity index is 2.14. The van der Waals surface area contributed by atoms with E-state index in [4.69, 9.17) is 0 Å². The normalized spacial score (nSPS) is 22.4. The summed E-state index contributed by atoms with van der Waals surface area (Å²) in [5.74, 6) is 0.341. The fourth-order valence-electron chi connectivity index (χ4n) is 1.86. The number of anilines is 1. The number of aromatic hydroxyl groups is 1. The third-order valence-corrected chi connectivity index (χ3v) is 2.56. The summed E-state index contributed by atoms with van der Waals surface area (Å²) in [5, 5.41) is 12.8. The first-order valence-electron chi connectivity index (χ1n) is 5.03. The summed E-state index contributed by atoms with van der Waals surface area (Å²) in [5.41, 5.74) is 1.11. The van der Waals surface area contributed by atoms with Crippen LogP contribution < -0.4 is 10.2 Å². The molecule has 0 bridgehead atoms. The third kappa shape index (κ3) is 1.99. The first kappa shape index (κ1) is 9.34. The molecule has 1 aromatic rings. The van der Waals surface area contributed by atoms with Crippen LogP contribution in [-0.2, 0) is 0 Å². The quantitative estimate of drug-likeness (QED) is 0.701. The van der Waals surface area contributed by atoms with E-state index in [1.165, 1.54) is 0 Å². The topological polar surface area (TPSA) is 35.5 Å². The lowest BCUT2D eigenvalue weighted by atomic mass is 10.2. The summed E-state index contributed by atoms with van der Waals surface area (Å²) in [6.07, 6.45) is 0. The summed E-state index contributed by atoms with van der Waals surface area (Å²) in [7, 11) is 0. The first-order valence-corrected chi connectivity index (χ1v) is 5.03. The van der Waals surface area contributed by atoms with Crippen molar-refractivity contribution in [3.05, 3.63) is 24.3 Å². The van der Waals surface area contributed by atoms with E-state index in [0.717, 1.165) is 25.3 Å². The van der Waals surface area contributed by atoms with E-state index in [9.17, 15) is 5.11 Å². The van der Waals surface area contributed by atoms with Gasteiger partial charge in [-0.1, -0.05) is 6.07 Å². The molecule has 0 amide bonds. The molecule has 0 spiro atoms. The summed E-state index contributed by atoms with van der Waals surface area (Å²) in [6.45, 7) is 5.20. The van der Waals surface area contributed by atoms with Crippen molar-refractivity contribution in [3.63, 3.8) is 0 Å². The average molecular weight is 192 g/mol. The molecule has 1 fully saturated rings. The number of phenolic OH excluding ortho intramolecular Hbond substituents is 1. The molecule has 0 saturated carbocycles. The Morgan fingerprint density at radius 3 is 3.07 bits per heavy atom. The van der Waals surface area contributed by atoms with E-state index >= 15 is 0 Å². The molecule has 0 aromatic heterocycles. The first-order chi connectivity index (χ1) is 6.75. The second-order valence-electron chi connectivity index (χ2n) is 3.82. The molecule has 1 aliphatic rings. The lowest BCUT2D eigenvalue weighted by molar-refractivity contribution is 0.470. The Kier molecular flexibility index (Phi) is 2.59. The molecule has 2 N–H and O–H groups in total. The minimum Gasteiger partial charge on any atom is -0.508 e. The molecule has 14 heavy (non-hydrogen) atoms. The smallest absolute Gasteiger partial charge is 0.117 e. The highest BCUT2D eigenvalue weighted by Gasteiger charge is 2.15. The van der Waals surface area contributed by atoms with Crippen LogP contribution in [0.1, 0.15) is 6.92 Å². The van der Waals surface area contributed by atoms with E-state index < -0.39 is 0 Å². The third-order valence-electron chi connectivity index (χ3n) is 2.56. The molecule has 1 atom stereocenters. The molecule has 76 valence electrons. The zero-order valence-corrected chi connectivity index (χ0v) is 8.40. The molecule has 2 rings (SSSR count). The molecule has 0 radical (unpaired) electrons. The van der Waals surface area contributed by atoms with Crippen molar-refractivity contribution in [2.75, 3.05) is 24.5 Å². The van der Waals surface area contributed by atoms with Gasteiger partial charge in [0.05, 0.1) is 0 Å². The van der Waals surface area contributed by atoms with Crippen molar-refractivity contribution < 1.29 is 5.11 Å². The second-order valence-corrected chi connectivity index (χ2v) is 3.82. The minimum absolute atomic E-state index is 0.341. The molecule has 1 heterocycles. The minimum atomic E-state index is 0.341. The number of rotatable bonds is 1. The lowest BCUT2D eigenvalue weighted by Gasteiger charge is -2.33. The van der Waals surface area contributed by atoms with Gasteiger partial charge in [-0.2, -0.15) is 0 Å². The van der Waals surface area contributed by atoms with Crippen LogP contribution in [0, 0.1) is 0 Å². The fraction of sp³-hybridized carbons (Fsp3) is 0.455. The Morgan fingerprint density at radius 1 is 1.50 bits per heavy atom. The fourth-order valence-corrected chi connectivity index (χ4v) is 1.86. The summed E-state index contributed by atoms with van der Waals surface area (Å²) < 4.78 is 0. The van der Waals surface area contributed by atoms with Gasteiger partial charge in [-0.25, -0.2) is 0 Å². The zero-order chi connectivity index (χ0) is 9.97. The predicted molar refractivity (Wildman–Crippen MR) is 57.8 cm³/mol. The second kappa shape index (κ2) is 3.88. The van der Waals surface area contributed by atoms with Crippen molar-refractivity contribution in [1.29, 1.82) is 0 Å². The number of phenols is 1. The van der Waals surface area contributed by atoms with E-state index in [0.29, 0.717) is 11.8 Å². The molecule has 1 aliphatic heterocycles. The SMILES string of the molecule is C[C@@H]1CN(c2cccc(O)c2)CCN1. The van der Waals surface area contributed by atoms with Crippen molar-refractivity contribution in [2.45, 2.75) is 13.0 Å². The monoisotopic (exact) mass is 192 g/mol. The number of nitrogens with one attached hydrogen (secondary N) is 1. The van der Waals surface area contributed by atoms with Crippen LogP contribution >= 0.6 is 0 Å². The van der Waals surface area contributed by atoms with Gasteiger partial charge in [-0.3, -0.25) is 0 Å². The van der Waals surface area contributed by atoms with Gasteiger partial charge in [0, 0.05) is 37.4 Å². The van der Waals surface area contributed by atoms with Gasteiger partial charge in [-0.15, -0.1) is 0 Å². The van der Waals surface area contributed by atoms with Crippen LogP contribution in [0.4, 0.5) is 5.69 Å². The van der Waals surface area contributed by atoms with Gasteiger partial charge in [-0.05, 0) is 19.1 Å². The Morgan fingerprint density at radius 2 is 2.36 bits per heavy atom. The highest BCUT2D eigenvalue weighted by atomic mass is 16.3. The van der Waals surface area contributed by atoms with Gasteiger partial charge in [0.15, 0.2) is 0 Å². The Labute approximate surface area is 84.4 Å². The number of nitrogens with zero attached hydrogens (tertiary/aromatic N) is 1. The number of benzene rings is 1. The van der Waals surface area contributed by atoms with Gasteiger partial charge in [0.25, 0.3) is 0 Å². The summed E-state index contributed by atoms with van der Waals surface area (Å²) in [4.78, 5) is 2.29. The highest BCUT2D eigenvalue weighted by molar-refractivity contribution is 5.50. The van der Waals surface area contributed by atoms with Crippen LogP contribution in [-0.4, -0.2) is 30.8 Å². The summed E-state index contributed by atoms with van der Waals surface area (Å²) >= 11 is 0. The largest absolute Gasteiger partial charge is 0.508 e. The lowest BCUT2D eigenvalue weighted by Crippen LogP contribution is -2.49. The van der Waals surface area contributed by atoms with Crippen LogP contribution in [0.2, 0.25) is 0 Å². The van der Waals surface area contributed by atoms with Crippen molar-refractivity contribution in [1.82, 2.24) is 5.32 Å². The van der Waals surface area contributed by atoms with Crippen molar-refractivity contribution >= 4 is 5.69 Å². The molecule has 3 nitrogen and oxygen atoms in total. The maximum Gasteiger partial charge on any atom is 0.117 e. The molecular formula is C11H16N2O. The molecule has 1 saturated heterocycles. The van der Waals surface area contributed by atoms with E-state index in [1.54, 1.807) is 6.07 Å². The Hall–Kier alpha value is -1.22. The zero-order valence-electron chi connectivity index (χ0n) is 8.40. The molecular weight excluding hydrogens is 176 g/mol. The molecule has 1 aromatic carbocycles.